The first-order valence-electron chi connectivity index (χ1n) is 4.91. The molecule has 14 heavy (non-hydrogen) atoms. The van der Waals surface area contributed by atoms with Gasteiger partial charge in [-0.2, -0.15) is 0 Å². The molecule has 72 valence electrons. The van der Waals surface area contributed by atoms with Crippen LogP contribution in [0.3, 0.4) is 0 Å². The van der Waals surface area contributed by atoms with E-state index in [4.69, 9.17) is 5.73 Å². The van der Waals surface area contributed by atoms with Gasteiger partial charge < -0.3 is 10.3 Å². The molecule has 1 aromatic carbocycles. The highest BCUT2D eigenvalue weighted by Crippen LogP contribution is 2.42. The lowest BCUT2D eigenvalue weighted by atomic mass is 10.3. The second kappa shape index (κ2) is 2.36. The highest BCUT2D eigenvalue weighted by Gasteiger charge is 2.43. The first-order valence-corrected chi connectivity index (χ1v) is 4.91. The molecule has 1 aromatic heterocycles. The van der Waals surface area contributed by atoms with E-state index in [1.54, 1.807) is 0 Å². The summed E-state index contributed by atoms with van der Waals surface area (Å²) in [6, 6.07) is 8.15. The van der Waals surface area contributed by atoms with Crippen LogP contribution in [0.1, 0.15) is 18.7 Å². The summed E-state index contributed by atoms with van der Waals surface area (Å²) in [5.41, 5.74) is 8.21. The molecule has 2 N–H and O–H groups in total. The summed E-state index contributed by atoms with van der Waals surface area (Å²) in [4.78, 5) is 4.58. The summed E-state index contributed by atoms with van der Waals surface area (Å²) in [7, 11) is 2.04. The molecule has 1 aliphatic rings. The smallest absolute Gasteiger partial charge is 0.129 e. The minimum absolute atomic E-state index is 0.145. The van der Waals surface area contributed by atoms with Crippen LogP contribution >= 0.6 is 0 Å². The monoisotopic (exact) mass is 187 g/mol. The fourth-order valence-electron chi connectivity index (χ4n) is 1.95. The van der Waals surface area contributed by atoms with Gasteiger partial charge in [0, 0.05) is 7.05 Å². The minimum atomic E-state index is -0.145. The van der Waals surface area contributed by atoms with E-state index in [1.165, 1.54) is 5.52 Å². The van der Waals surface area contributed by atoms with Gasteiger partial charge in [-0.1, -0.05) is 12.1 Å². The van der Waals surface area contributed by atoms with E-state index in [1.807, 2.05) is 25.2 Å². The molecule has 0 bridgehead atoms. The molecule has 0 spiro atoms. The second-order valence-electron chi connectivity index (χ2n) is 4.14. The third-order valence-corrected chi connectivity index (χ3v) is 3.02. The van der Waals surface area contributed by atoms with Gasteiger partial charge in [0.25, 0.3) is 0 Å². The zero-order valence-corrected chi connectivity index (χ0v) is 8.20. The summed E-state index contributed by atoms with van der Waals surface area (Å²) in [6.07, 6.45) is 2.12. The van der Waals surface area contributed by atoms with Gasteiger partial charge in [0.05, 0.1) is 16.6 Å². The van der Waals surface area contributed by atoms with Crippen LogP contribution in [0.2, 0.25) is 0 Å². The van der Waals surface area contributed by atoms with Crippen molar-refractivity contribution < 1.29 is 0 Å². The van der Waals surface area contributed by atoms with Crippen LogP contribution < -0.4 is 5.73 Å². The summed E-state index contributed by atoms with van der Waals surface area (Å²) in [5.74, 6) is 1.03. The van der Waals surface area contributed by atoms with Crippen LogP contribution in [0.15, 0.2) is 24.3 Å². The molecular weight excluding hydrogens is 174 g/mol. The minimum Gasteiger partial charge on any atom is -0.330 e. The highest BCUT2D eigenvalue weighted by atomic mass is 15.1. The van der Waals surface area contributed by atoms with E-state index in [0.29, 0.717) is 0 Å². The summed E-state index contributed by atoms with van der Waals surface area (Å²) in [5, 5.41) is 0. The third-order valence-electron chi connectivity index (χ3n) is 3.02. The van der Waals surface area contributed by atoms with Gasteiger partial charge in [0.2, 0.25) is 0 Å². The van der Waals surface area contributed by atoms with Crippen molar-refractivity contribution in [2.45, 2.75) is 18.4 Å². The Bertz CT molecular complexity index is 494. The van der Waals surface area contributed by atoms with Crippen LogP contribution in [0, 0.1) is 0 Å². The maximum atomic E-state index is 6.15. The van der Waals surface area contributed by atoms with Crippen molar-refractivity contribution in [1.29, 1.82) is 0 Å². The standard InChI is InChI=1S/C11H13N3/c1-14-9-5-3-2-4-8(9)13-10(14)11(12)6-7-11/h2-5H,6-7,12H2,1H3. The first kappa shape index (κ1) is 8.00. The van der Waals surface area contributed by atoms with Gasteiger partial charge in [-0.25, -0.2) is 4.98 Å². The molecule has 0 amide bonds. The number of benzene rings is 1. The molecule has 0 saturated heterocycles. The predicted octanol–water partition coefficient (Wildman–Crippen LogP) is 1.52. The van der Waals surface area contributed by atoms with Gasteiger partial charge in [-0.05, 0) is 25.0 Å². The number of nitrogens with two attached hydrogens (primary N) is 1. The molecule has 2 aromatic rings. The number of aryl methyl sites for hydroxylation is 1. The van der Waals surface area contributed by atoms with E-state index in [2.05, 4.69) is 15.6 Å². The number of rotatable bonds is 1. The topological polar surface area (TPSA) is 43.8 Å². The zero-order valence-electron chi connectivity index (χ0n) is 8.20. The van der Waals surface area contributed by atoms with Gasteiger partial charge >= 0.3 is 0 Å². The Morgan fingerprint density at radius 3 is 2.71 bits per heavy atom. The van der Waals surface area contributed by atoms with Crippen LogP contribution in [-0.4, -0.2) is 9.55 Å². The van der Waals surface area contributed by atoms with Gasteiger partial charge in [-0.3, -0.25) is 0 Å². The molecule has 3 rings (SSSR count). The van der Waals surface area contributed by atoms with Crippen molar-refractivity contribution >= 4 is 11.0 Å². The van der Waals surface area contributed by atoms with Crippen molar-refractivity contribution in [1.82, 2.24) is 9.55 Å². The molecule has 1 aliphatic carbocycles. The second-order valence-corrected chi connectivity index (χ2v) is 4.14. The van der Waals surface area contributed by atoms with Crippen molar-refractivity contribution in [2.75, 3.05) is 0 Å². The lowest BCUT2D eigenvalue weighted by Crippen LogP contribution is -2.23. The predicted molar refractivity (Wildman–Crippen MR) is 55.8 cm³/mol. The molecule has 0 unspecified atom stereocenters. The molecule has 1 heterocycles. The number of para-hydroxylation sites is 2. The van der Waals surface area contributed by atoms with Crippen molar-refractivity contribution in [3.05, 3.63) is 30.1 Å². The maximum absolute atomic E-state index is 6.15. The summed E-state index contributed by atoms with van der Waals surface area (Å²) in [6.45, 7) is 0. The number of fused-ring (bicyclic) bond motifs is 1. The Hall–Kier alpha value is -1.35. The van der Waals surface area contributed by atoms with Crippen molar-refractivity contribution in [3.63, 3.8) is 0 Å². The lowest BCUT2D eigenvalue weighted by Gasteiger charge is -2.07. The van der Waals surface area contributed by atoms with Crippen molar-refractivity contribution in [2.24, 2.45) is 12.8 Å². The van der Waals surface area contributed by atoms with E-state index >= 15 is 0 Å². The van der Waals surface area contributed by atoms with Gasteiger partial charge in [0.15, 0.2) is 0 Å². The quantitative estimate of drug-likeness (QED) is 0.735. The number of hydrogen-bond donors (Lipinski definition) is 1. The van der Waals surface area contributed by atoms with Crippen LogP contribution in [0.25, 0.3) is 11.0 Å². The zero-order chi connectivity index (χ0) is 9.76. The van der Waals surface area contributed by atoms with Gasteiger partial charge in [0.1, 0.15) is 5.82 Å². The van der Waals surface area contributed by atoms with Gasteiger partial charge in [-0.15, -0.1) is 0 Å². The van der Waals surface area contributed by atoms with Crippen molar-refractivity contribution in [3.8, 4) is 0 Å². The first-order chi connectivity index (χ1) is 6.71. The Morgan fingerprint density at radius 2 is 2.07 bits per heavy atom. The fraction of sp³-hybridized carbons (Fsp3) is 0.364. The Balaban J connectivity index is 2.31. The van der Waals surface area contributed by atoms with E-state index in [9.17, 15) is 0 Å². The van der Waals surface area contributed by atoms with E-state index in [-0.39, 0.29) is 5.54 Å². The number of nitrogens with zero attached hydrogens (tertiary/aromatic N) is 2. The Morgan fingerprint density at radius 1 is 1.36 bits per heavy atom. The molecule has 1 fully saturated rings. The third kappa shape index (κ3) is 0.930. The van der Waals surface area contributed by atoms with E-state index in [0.717, 1.165) is 24.2 Å². The number of hydrogen-bond acceptors (Lipinski definition) is 2. The summed E-state index contributed by atoms with van der Waals surface area (Å²) < 4.78 is 2.11. The Labute approximate surface area is 82.5 Å². The van der Waals surface area contributed by atoms with Crippen LogP contribution in [0.5, 0.6) is 0 Å². The number of imidazole rings is 1. The largest absolute Gasteiger partial charge is 0.330 e. The normalized spacial score (nSPS) is 18.7. The summed E-state index contributed by atoms with van der Waals surface area (Å²) >= 11 is 0. The maximum Gasteiger partial charge on any atom is 0.129 e. The van der Waals surface area contributed by atoms with Crippen LogP contribution in [0.4, 0.5) is 0 Å². The molecule has 0 aliphatic heterocycles. The average Bonchev–Trinajstić information content (AvgIpc) is 2.84. The molecule has 0 radical (unpaired) electrons. The molecule has 1 saturated carbocycles. The molecular formula is C11H13N3. The fourth-order valence-corrected chi connectivity index (χ4v) is 1.95. The SMILES string of the molecule is Cn1c(C2(N)CC2)nc2ccccc21. The van der Waals surface area contributed by atoms with Crippen LogP contribution in [-0.2, 0) is 12.6 Å². The molecule has 3 nitrogen and oxygen atoms in total. The molecule has 0 atom stereocenters. The molecule has 3 heteroatoms. The lowest BCUT2D eigenvalue weighted by molar-refractivity contribution is 0.639. The average molecular weight is 187 g/mol. The highest BCUT2D eigenvalue weighted by molar-refractivity contribution is 5.76. The number of aromatic nitrogens is 2. The van der Waals surface area contributed by atoms with E-state index < -0.39 is 0 Å². The Kier molecular flexibility index (Phi) is 1.35.